The van der Waals surface area contributed by atoms with Crippen LogP contribution in [0, 0.1) is 0 Å². The molecule has 0 radical (unpaired) electrons. The summed E-state index contributed by atoms with van der Waals surface area (Å²) in [5.74, 6) is -0.878. The van der Waals surface area contributed by atoms with Gasteiger partial charge in [0.05, 0.1) is 5.92 Å². The van der Waals surface area contributed by atoms with E-state index >= 15 is 0 Å². The third-order valence-electron chi connectivity index (χ3n) is 6.38. The zero-order chi connectivity index (χ0) is 25.6. The summed E-state index contributed by atoms with van der Waals surface area (Å²) in [7, 11) is 0. The van der Waals surface area contributed by atoms with Crippen LogP contribution in [0.3, 0.4) is 0 Å². The first kappa shape index (κ1) is 23.3. The smallest absolute Gasteiger partial charge is 0.135 e. The van der Waals surface area contributed by atoms with Crippen LogP contribution in [0.4, 0.5) is 0 Å². The van der Waals surface area contributed by atoms with Crippen molar-refractivity contribution in [3.05, 3.63) is 107 Å². The standard InChI is InChI=1S/C28H24O8/c29-17-5-1-14(2-6-17)26(34)27(35)22-12-21(33)13-23-25(22)24(16-9-19(31)11-20(32)10-16)28(36-23)15-3-7-18(30)8-4-15/h1-13,24,26-35H/t24-,26-,27-,28+/m0/s1. The van der Waals surface area contributed by atoms with E-state index in [9.17, 15) is 35.7 Å². The molecule has 0 fully saturated rings. The van der Waals surface area contributed by atoms with Gasteiger partial charge in [0.15, 0.2) is 0 Å². The molecule has 4 aromatic carbocycles. The largest absolute Gasteiger partial charge is 0.508 e. The second-order valence-electron chi connectivity index (χ2n) is 8.82. The van der Waals surface area contributed by atoms with Crippen LogP contribution in [0.15, 0.2) is 78.9 Å². The summed E-state index contributed by atoms with van der Waals surface area (Å²) in [6.07, 6.45) is -3.60. The van der Waals surface area contributed by atoms with Crippen LogP contribution in [0.25, 0.3) is 0 Å². The van der Waals surface area contributed by atoms with Gasteiger partial charge in [-0.1, -0.05) is 24.3 Å². The third-order valence-corrected chi connectivity index (χ3v) is 6.38. The van der Waals surface area contributed by atoms with Gasteiger partial charge in [-0.2, -0.15) is 0 Å². The van der Waals surface area contributed by atoms with E-state index in [2.05, 4.69) is 0 Å². The molecule has 1 heterocycles. The fraction of sp³-hybridized carbons (Fsp3) is 0.143. The van der Waals surface area contributed by atoms with E-state index in [1.807, 2.05) is 0 Å². The highest BCUT2D eigenvalue weighted by molar-refractivity contribution is 5.58. The van der Waals surface area contributed by atoms with Crippen molar-refractivity contribution in [1.82, 2.24) is 0 Å². The molecule has 0 aromatic heterocycles. The lowest BCUT2D eigenvalue weighted by Crippen LogP contribution is -2.15. The summed E-state index contributed by atoms with van der Waals surface area (Å²) in [5.41, 5.74) is 2.14. The number of hydrogen-bond donors (Lipinski definition) is 7. The molecule has 8 heteroatoms. The first-order chi connectivity index (χ1) is 17.2. The number of aromatic hydroxyl groups is 5. The van der Waals surface area contributed by atoms with Crippen LogP contribution < -0.4 is 4.74 Å². The molecule has 4 aromatic rings. The Bertz CT molecular complexity index is 1380. The minimum Gasteiger partial charge on any atom is -0.508 e. The molecule has 0 aliphatic carbocycles. The minimum atomic E-state index is -1.49. The van der Waals surface area contributed by atoms with Gasteiger partial charge in [0.25, 0.3) is 0 Å². The lowest BCUT2D eigenvalue weighted by Gasteiger charge is -2.25. The maximum absolute atomic E-state index is 11.3. The summed E-state index contributed by atoms with van der Waals surface area (Å²) in [4.78, 5) is 0. The molecule has 0 saturated heterocycles. The maximum atomic E-state index is 11.3. The quantitative estimate of drug-likeness (QED) is 0.220. The Morgan fingerprint density at radius 3 is 1.72 bits per heavy atom. The van der Waals surface area contributed by atoms with Crippen molar-refractivity contribution in [3.8, 4) is 34.5 Å². The van der Waals surface area contributed by atoms with Gasteiger partial charge in [0, 0.05) is 17.7 Å². The number of ether oxygens (including phenoxy) is 1. The van der Waals surface area contributed by atoms with E-state index in [0.717, 1.165) is 0 Å². The van der Waals surface area contributed by atoms with Gasteiger partial charge in [-0.3, -0.25) is 0 Å². The second kappa shape index (κ2) is 8.99. The lowest BCUT2D eigenvalue weighted by atomic mass is 9.80. The molecule has 1 aliphatic heterocycles. The fourth-order valence-corrected chi connectivity index (χ4v) is 4.75. The molecular weight excluding hydrogens is 464 g/mol. The van der Waals surface area contributed by atoms with Gasteiger partial charge >= 0.3 is 0 Å². The van der Waals surface area contributed by atoms with Crippen LogP contribution in [0.1, 0.15) is 52.0 Å². The van der Waals surface area contributed by atoms with Crippen LogP contribution in [-0.2, 0) is 0 Å². The molecule has 184 valence electrons. The number of phenols is 5. The van der Waals surface area contributed by atoms with E-state index in [-0.39, 0.29) is 40.1 Å². The van der Waals surface area contributed by atoms with E-state index in [1.54, 1.807) is 12.1 Å². The number of phenolic OH excluding ortho intramolecular Hbond substituents is 5. The Morgan fingerprint density at radius 2 is 1.11 bits per heavy atom. The Balaban J connectivity index is 1.67. The maximum Gasteiger partial charge on any atom is 0.135 e. The van der Waals surface area contributed by atoms with Gasteiger partial charge in [0.1, 0.15) is 52.8 Å². The summed E-state index contributed by atoms with van der Waals surface area (Å²) in [6, 6.07) is 18.9. The Kier molecular flexibility index (Phi) is 5.83. The zero-order valence-corrected chi connectivity index (χ0v) is 18.9. The van der Waals surface area contributed by atoms with Gasteiger partial charge in [-0.25, -0.2) is 0 Å². The topological polar surface area (TPSA) is 151 Å². The average molecular weight is 488 g/mol. The highest BCUT2D eigenvalue weighted by Crippen LogP contribution is 2.54. The molecule has 36 heavy (non-hydrogen) atoms. The molecule has 8 nitrogen and oxygen atoms in total. The van der Waals surface area contributed by atoms with Crippen molar-refractivity contribution in [2.45, 2.75) is 24.2 Å². The number of fused-ring (bicyclic) bond motifs is 1. The zero-order valence-electron chi connectivity index (χ0n) is 18.9. The van der Waals surface area contributed by atoms with E-state index < -0.39 is 24.2 Å². The van der Waals surface area contributed by atoms with Gasteiger partial charge < -0.3 is 40.5 Å². The van der Waals surface area contributed by atoms with Crippen molar-refractivity contribution >= 4 is 0 Å². The summed E-state index contributed by atoms with van der Waals surface area (Å²) >= 11 is 0. The molecule has 0 unspecified atom stereocenters. The summed E-state index contributed by atoms with van der Waals surface area (Å²) in [6.45, 7) is 0. The van der Waals surface area contributed by atoms with Crippen molar-refractivity contribution in [3.63, 3.8) is 0 Å². The fourth-order valence-electron chi connectivity index (χ4n) is 4.75. The Morgan fingerprint density at radius 1 is 0.556 bits per heavy atom. The number of hydrogen-bond acceptors (Lipinski definition) is 8. The third kappa shape index (κ3) is 4.24. The van der Waals surface area contributed by atoms with Gasteiger partial charge in [-0.15, -0.1) is 0 Å². The molecule has 0 amide bonds. The van der Waals surface area contributed by atoms with Crippen LogP contribution in [0.2, 0.25) is 0 Å². The molecule has 0 spiro atoms. The van der Waals surface area contributed by atoms with Gasteiger partial charge in [0.2, 0.25) is 0 Å². The first-order valence-electron chi connectivity index (χ1n) is 11.2. The van der Waals surface area contributed by atoms with Crippen LogP contribution in [0.5, 0.6) is 34.5 Å². The normalized spacial score (nSPS) is 18.3. The molecule has 4 atom stereocenters. The minimum absolute atomic E-state index is 0.00702. The summed E-state index contributed by atoms with van der Waals surface area (Å²) in [5, 5.41) is 72.3. The molecular formula is C28H24O8. The lowest BCUT2D eigenvalue weighted by molar-refractivity contribution is 0.0165. The van der Waals surface area contributed by atoms with Crippen molar-refractivity contribution in [2.24, 2.45) is 0 Å². The van der Waals surface area contributed by atoms with Crippen molar-refractivity contribution in [2.75, 3.05) is 0 Å². The predicted octanol–water partition coefficient (Wildman–Crippen LogP) is 4.25. The van der Waals surface area contributed by atoms with E-state index in [1.165, 1.54) is 66.7 Å². The van der Waals surface area contributed by atoms with Gasteiger partial charge in [-0.05, 0) is 64.7 Å². The average Bonchev–Trinajstić information content (AvgIpc) is 3.22. The Labute approximate surface area is 206 Å². The highest BCUT2D eigenvalue weighted by atomic mass is 16.5. The summed E-state index contributed by atoms with van der Waals surface area (Å²) < 4.78 is 6.22. The molecule has 0 saturated carbocycles. The monoisotopic (exact) mass is 488 g/mol. The molecule has 5 rings (SSSR count). The SMILES string of the molecule is Oc1ccc([C@H]2Oc3cc(O)cc([C@H](O)[C@@H](O)c4ccc(O)cc4)c3[C@@H]2c2cc(O)cc(O)c2)cc1. The van der Waals surface area contributed by atoms with Crippen molar-refractivity contribution in [1.29, 1.82) is 0 Å². The highest BCUT2D eigenvalue weighted by Gasteiger charge is 2.41. The molecule has 0 bridgehead atoms. The van der Waals surface area contributed by atoms with Crippen molar-refractivity contribution < 1.29 is 40.5 Å². The van der Waals surface area contributed by atoms with E-state index in [0.29, 0.717) is 22.3 Å². The van der Waals surface area contributed by atoms with Crippen LogP contribution >= 0.6 is 0 Å². The number of rotatable bonds is 5. The number of benzene rings is 4. The number of aliphatic hydroxyl groups excluding tert-OH is 2. The second-order valence-corrected chi connectivity index (χ2v) is 8.82. The molecule has 7 N–H and O–H groups in total. The van der Waals surface area contributed by atoms with Crippen LogP contribution in [-0.4, -0.2) is 35.7 Å². The predicted molar refractivity (Wildman–Crippen MR) is 129 cm³/mol. The van der Waals surface area contributed by atoms with E-state index in [4.69, 9.17) is 4.74 Å². The first-order valence-corrected chi connectivity index (χ1v) is 11.2. The Hall–Kier alpha value is -4.40. The molecule has 1 aliphatic rings. The number of aliphatic hydroxyl groups is 2.